The number of aromatic nitrogens is 4. The van der Waals surface area contributed by atoms with Gasteiger partial charge in [0.15, 0.2) is 5.96 Å². The van der Waals surface area contributed by atoms with Crippen LogP contribution in [0.15, 0.2) is 103 Å². The van der Waals surface area contributed by atoms with Gasteiger partial charge < -0.3 is 106 Å². The Hall–Kier alpha value is -11.4. The average molecular weight is 1390 g/mol. The molecule has 34 nitrogen and oxygen atoms in total. The molecule has 1 aliphatic rings. The zero-order valence-corrected chi connectivity index (χ0v) is 55.5. The maximum absolute atomic E-state index is 15.1. The van der Waals surface area contributed by atoms with Crippen molar-refractivity contribution in [1.82, 2.24) is 67.4 Å². The summed E-state index contributed by atoms with van der Waals surface area (Å²) < 4.78 is 0. The molecule has 1 aliphatic heterocycles. The fourth-order valence-electron chi connectivity index (χ4n) is 11.1. The van der Waals surface area contributed by atoms with Gasteiger partial charge in [0, 0.05) is 98.2 Å². The van der Waals surface area contributed by atoms with E-state index in [9.17, 15) is 58.5 Å². The number of para-hydroxylation sites is 2. The van der Waals surface area contributed by atoms with E-state index in [0.29, 0.717) is 50.6 Å². The number of aromatic amines is 3. The van der Waals surface area contributed by atoms with Crippen LogP contribution in [-0.4, -0.2) is 203 Å². The van der Waals surface area contributed by atoms with Crippen molar-refractivity contribution in [3.05, 3.63) is 120 Å². The summed E-state index contributed by atoms with van der Waals surface area (Å²) >= 11 is 0. The highest BCUT2D eigenvalue weighted by Crippen LogP contribution is 2.24. The number of nitrogens with zero attached hydrogens (tertiary/aromatic N) is 3. The van der Waals surface area contributed by atoms with Crippen LogP contribution < -0.4 is 65.5 Å². The molecule has 0 bridgehead atoms. The third-order valence-corrected chi connectivity index (χ3v) is 16.1. The topological polar surface area (TPSA) is 562 Å². The fourth-order valence-corrected chi connectivity index (χ4v) is 11.1. The van der Waals surface area contributed by atoms with E-state index in [0.717, 1.165) is 6.92 Å². The molecule has 1 saturated heterocycles. The second-order valence-electron chi connectivity index (χ2n) is 24.4. The SMILES string of the molecule is CC(=O)O.CC(C)C[C@H](NC(=O)[C@@H](Cc1c[nH]c2ccccc12)NC(=O)[C@H](Cc1ccc(O)cc1)NC(=O)[C@H](CO)NC(=O)[C@H](Cc1c[nH]c2ccccc12)NC(=O)[C@H](Cc1cnc[nH]1)NC(=O)[C@@H](N)CCC(=O)O)C(=O)N[C@@H](CCCN=C(N)N)C(=O)N1CCC[C@H]1C(=O)NCC(N)=O. The molecular weight excluding hydrogens is 1300 g/mol. The number of aliphatic hydroxyl groups is 1. The van der Waals surface area contributed by atoms with E-state index in [4.69, 9.17) is 32.8 Å². The molecule has 3 aromatic heterocycles. The predicted molar refractivity (Wildman–Crippen MR) is 363 cm³/mol. The Morgan fingerprint density at radius 1 is 0.630 bits per heavy atom. The van der Waals surface area contributed by atoms with Gasteiger partial charge in [-0.2, -0.15) is 0 Å². The van der Waals surface area contributed by atoms with Gasteiger partial charge in [0.05, 0.1) is 25.5 Å². The first kappa shape index (κ1) is 77.6. The number of phenols is 1. The number of carbonyl (C=O) groups is 12. The van der Waals surface area contributed by atoms with Crippen LogP contribution in [0.3, 0.4) is 0 Å². The minimum atomic E-state index is -1.83. The normalized spacial score (nSPS) is 15.0. The van der Waals surface area contributed by atoms with Crippen LogP contribution in [0.4, 0.5) is 0 Å². The van der Waals surface area contributed by atoms with Gasteiger partial charge in [-0.3, -0.25) is 62.5 Å². The number of H-pyrrole nitrogens is 3. The summed E-state index contributed by atoms with van der Waals surface area (Å²) in [6, 6.07) is 6.94. The molecule has 0 saturated carbocycles. The van der Waals surface area contributed by atoms with Crippen LogP contribution in [0, 0.1) is 5.92 Å². The summed E-state index contributed by atoms with van der Waals surface area (Å²) in [7, 11) is 0. The summed E-state index contributed by atoms with van der Waals surface area (Å²) in [5.74, 6) is -11.2. The van der Waals surface area contributed by atoms with Crippen LogP contribution in [-0.2, 0) is 83.2 Å². The third-order valence-electron chi connectivity index (χ3n) is 16.1. The number of carbonyl (C=O) groups excluding carboxylic acids is 10. The van der Waals surface area contributed by atoms with E-state index < -0.39 is 145 Å². The number of hydrogen-bond donors (Lipinski definition) is 19. The van der Waals surface area contributed by atoms with Gasteiger partial charge in [-0.25, -0.2) is 4.98 Å². The maximum Gasteiger partial charge on any atom is 0.303 e. The summed E-state index contributed by atoms with van der Waals surface area (Å²) in [5.41, 5.74) is 25.6. The Kier molecular flexibility index (Phi) is 29.4. The third kappa shape index (κ3) is 24.0. The van der Waals surface area contributed by atoms with Crippen LogP contribution in [0.2, 0.25) is 0 Å². The molecular formula is C66H88N18O16. The highest BCUT2D eigenvalue weighted by atomic mass is 16.4. The fraction of sp³-hybridized carbons (Fsp3) is 0.424. The molecule has 9 atom stereocenters. The van der Waals surface area contributed by atoms with Crippen LogP contribution in [0.5, 0.6) is 5.75 Å². The highest BCUT2D eigenvalue weighted by molar-refractivity contribution is 6.00. The number of aliphatic imine (C=N–C) groups is 1. The largest absolute Gasteiger partial charge is 0.508 e. The number of amides is 10. The second-order valence-corrected chi connectivity index (χ2v) is 24.4. The first-order valence-corrected chi connectivity index (χ1v) is 32.3. The molecule has 10 amide bonds. The number of benzene rings is 3. The van der Waals surface area contributed by atoms with Crippen molar-refractivity contribution in [2.45, 2.75) is 146 Å². The Morgan fingerprint density at radius 3 is 1.63 bits per heavy atom. The average Bonchev–Trinajstić information content (AvgIpc) is 1.61. The van der Waals surface area contributed by atoms with E-state index in [1.165, 1.54) is 41.7 Å². The zero-order chi connectivity index (χ0) is 73.2. The van der Waals surface area contributed by atoms with E-state index in [1.807, 2.05) is 0 Å². The number of nitrogens with two attached hydrogens (primary N) is 4. The summed E-state index contributed by atoms with van der Waals surface area (Å²) in [4.78, 5) is 180. The predicted octanol–water partition coefficient (Wildman–Crippen LogP) is -2.29. The number of rotatable bonds is 36. The molecule has 0 unspecified atom stereocenters. The minimum absolute atomic E-state index is 0.00936. The first-order valence-electron chi connectivity index (χ1n) is 32.3. The zero-order valence-electron chi connectivity index (χ0n) is 55.5. The van der Waals surface area contributed by atoms with Crippen LogP contribution in [0.25, 0.3) is 21.8 Å². The lowest BCUT2D eigenvalue weighted by atomic mass is 9.99. The molecule has 0 spiro atoms. The van der Waals surface area contributed by atoms with Crippen molar-refractivity contribution in [2.24, 2.45) is 33.8 Å². The first-order chi connectivity index (χ1) is 47.6. The van der Waals surface area contributed by atoms with Gasteiger partial charge >= 0.3 is 5.97 Å². The number of imidazole rings is 1. The van der Waals surface area contributed by atoms with E-state index in [-0.39, 0.29) is 88.5 Å². The second kappa shape index (κ2) is 37.9. The number of nitrogens with one attached hydrogen (secondary N) is 11. The van der Waals surface area contributed by atoms with Gasteiger partial charge in [0.2, 0.25) is 59.1 Å². The Morgan fingerprint density at radius 2 is 1.12 bits per heavy atom. The number of fused-ring (bicyclic) bond motifs is 2. The minimum Gasteiger partial charge on any atom is -0.508 e. The Bertz CT molecular complexity index is 3850. The number of carboxylic acid groups (broad SMARTS) is 2. The number of aliphatic carboxylic acids is 2. The number of likely N-dealkylation sites (tertiary alicyclic amines) is 1. The Balaban J connectivity index is 0.00000383. The number of carboxylic acids is 2. The lowest BCUT2D eigenvalue weighted by Gasteiger charge is -2.30. The Labute approximate surface area is 573 Å². The molecule has 0 aliphatic carbocycles. The van der Waals surface area contributed by atoms with Crippen LogP contribution in [0.1, 0.15) is 88.1 Å². The number of hydrogen-bond acceptors (Lipinski definition) is 17. The van der Waals surface area contributed by atoms with Crippen molar-refractivity contribution in [3.63, 3.8) is 0 Å². The van der Waals surface area contributed by atoms with Gasteiger partial charge in [-0.1, -0.05) is 62.4 Å². The molecule has 3 aromatic carbocycles. The van der Waals surface area contributed by atoms with Crippen molar-refractivity contribution >= 4 is 98.8 Å². The lowest BCUT2D eigenvalue weighted by molar-refractivity contribution is -0.142. The molecule has 23 N–H and O–H groups in total. The van der Waals surface area contributed by atoms with Crippen molar-refractivity contribution < 1.29 is 78.0 Å². The van der Waals surface area contributed by atoms with Gasteiger partial charge in [0.1, 0.15) is 54.1 Å². The number of aliphatic hydroxyl groups excluding tert-OH is 1. The molecule has 6 aromatic rings. The number of phenolic OH excluding ortho intramolecular Hbond substituents is 1. The van der Waals surface area contributed by atoms with E-state index >= 15 is 9.59 Å². The van der Waals surface area contributed by atoms with Gasteiger partial charge in [-0.15, -0.1) is 0 Å². The molecule has 100 heavy (non-hydrogen) atoms. The number of primary amides is 1. The monoisotopic (exact) mass is 1390 g/mol. The molecule has 1 fully saturated rings. The number of guanidine groups is 1. The summed E-state index contributed by atoms with van der Waals surface area (Å²) in [5, 5.41) is 60.2. The lowest BCUT2D eigenvalue weighted by Crippen LogP contribution is -2.61. The van der Waals surface area contributed by atoms with Crippen molar-refractivity contribution in [1.29, 1.82) is 0 Å². The summed E-state index contributed by atoms with van der Waals surface area (Å²) in [6.07, 6.45) is 5.20. The van der Waals surface area contributed by atoms with Crippen molar-refractivity contribution in [3.8, 4) is 5.75 Å². The molecule has 0 radical (unpaired) electrons. The van der Waals surface area contributed by atoms with Gasteiger partial charge in [0.25, 0.3) is 5.97 Å². The quantitative estimate of drug-likeness (QED) is 0.0112. The van der Waals surface area contributed by atoms with Crippen LogP contribution >= 0.6 is 0 Å². The number of aromatic hydroxyl groups is 1. The van der Waals surface area contributed by atoms with Crippen molar-refractivity contribution in [2.75, 3.05) is 26.2 Å². The molecule has 4 heterocycles. The smallest absolute Gasteiger partial charge is 0.303 e. The molecule has 7 rings (SSSR count). The molecule has 538 valence electrons. The van der Waals surface area contributed by atoms with E-state index in [2.05, 4.69) is 67.5 Å². The van der Waals surface area contributed by atoms with E-state index in [1.54, 1.807) is 74.8 Å². The standard InChI is InChI=1S/C64H84N18O14.C2H4O2/c1-34(2)23-46(56(89)75-45(13-7-21-70-64(67)68)63(96)82-22-8-14-52(82)62(95)73-31-53(66)85)77-58(91)48(25-36-28-71-43-11-5-3-9-40(36)43)79-57(90)47(24-35-15-17-39(84)18-16-35)78-61(94)51(32-83)81-59(92)49(26-37-29-72-44-12-6-4-10-41(37)44)80-60(93)50(27-38-30-69-33-74-38)76-55(88)42(65)19-20-54(86)87;1-2(3)4/h3-6,9-12,15-18,28-30,33-34,42,45-52,71-72,83-84H,7-8,13-14,19-27,31-32,65H2,1-2H3,(H2,66,85)(H,69,74)(H,73,95)(H,75,89)(H,76,88)(H,77,91)(H,78,94)(H,79,90)(H,80,93)(H,81,92)(H,86,87)(H4,67,68,70);1H3,(H,3,4)/t42-,45-,46-,47-,48+,49-,50-,51-,52-;/m0./s1. The van der Waals surface area contributed by atoms with Gasteiger partial charge in [-0.05, 0) is 85.4 Å². The highest BCUT2D eigenvalue weighted by Gasteiger charge is 2.40. The summed E-state index contributed by atoms with van der Waals surface area (Å²) in [6.45, 7) is 3.35. The maximum atomic E-state index is 15.1. The molecule has 34 heteroatoms.